The maximum Gasteiger partial charge on any atom is 0.0452 e. The Morgan fingerprint density at radius 3 is 2.56 bits per heavy atom. The zero-order valence-corrected chi connectivity index (χ0v) is 12.8. The zero-order valence-electron chi connectivity index (χ0n) is 11.3. The lowest BCUT2D eigenvalue weighted by Crippen LogP contribution is -2.31. The highest BCUT2D eigenvalue weighted by Crippen LogP contribution is 2.21. The van der Waals surface area contributed by atoms with Crippen molar-refractivity contribution >= 4 is 23.2 Å². The molecule has 2 nitrogen and oxygen atoms in total. The summed E-state index contributed by atoms with van der Waals surface area (Å²) in [4.78, 5) is 2.22. The number of benzene rings is 1. The third kappa shape index (κ3) is 5.15. The number of hydrogen-bond donors (Lipinski definition) is 1. The van der Waals surface area contributed by atoms with E-state index in [1.165, 1.54) is 0 Å². The van der Waals surface area contributed by atoms with Gasteiger partial charge >= 0.3 is 0 Å². The van der Waals surface area contributed by atoms with Crippen molar-refractivity contribution in [1.29, 1.82) is 0 Å². The average molecular weight is 289 g/mol. The molecule has 1 atom stereocenters. The summed E-state index contributed by atoms with van der Waals surface area (Å²) < 4.78 is 0. The molecule has 1 rings (SSSR count). The molecule has 102 valence electrons. The second-order valence-electron chi connectivity index (χ2n) is 5.17. The molecule has 0 aliphatic rings. The minimum atomic E-state index is 0.252. The minimum Gasteiger partial charge on any atom is -0.327 e. The number of hydrogen-bond acceptors (Lipinski definition) is 2. The molecule has 0 bridgehead atoms. The summed E-state index contributed by atoms with van der Waals surface area (Å²) in [6.07, 6.45) is 0.992. The van der Waals surface area contributed by atoms with E-state index in [0.29, 0.717) is 5.92 Å². The Labute approximate surface area is 120 Å². The fourth-order valence-corrected chi connectivity index (χ4v) is 2.11. The van der Waals surface area contributed by atoms with Crippen LogP contribution in [0.1, 0.15) is 25.8 Å². The van der Waals surface area contributed by atoms with Gasteiger partial charge in [-0.2, -0.15) is 0 Å². The van der Waals surface area contributed by atoms with Crippen molar-refractivity contribution in [2.45, 2.75) is 32.9 Å². The first-order valence-corrected chi connectivity index (χ1v) is 7.03. The van der Waals surface area contributed by atoms with Gasteiger partial charge < -0.3 is 10.6 Å². The first-order chi connectivity index (χ1) is 8.40. The third-order valence-corrected chi connectivity index (χ3v) is 3.75. The Balaban J connectivity index is 2.49. The van der Waals surface area contributed by atoms with E-state index in [4.69, 9.17) is 28.9 Å². The van der Waals surface area contributed by atoms with Crippen molar-refractivity contribution in [3.05, 3.63) is 33.8 Å². The summed E-state index contributed by atoms with van der Waals surface area (Å²) >= 11 is 12.1. The van der Waals surface area contributed by atoms with E-state index in [-0.39, 0.29) is 6.04 Å². The van der Waals surface area contributed by atoms with Crippen LogP contribution in [0.25, 0.3) is 0 Å². The molecule has 1 unspecified atom stereocenters. The van der Waals surface area contributed by atoms with Gasteiger partial charge in [0.05, 0.1) is 0 Å². The maximum atomic E-state index is 6.14. The van der Waals surface area contributed by atoms with E-state index in [0.717, 1.165) is 35.1 Å². The van der Waals surface area contributed by atoms with Crippen LogP contribution in [0.4, 0.5) is 0 Å². The molecule has 0 spiro atoms. The van der Waals surface area contributed by atoms with Gasteiger partial charge in [0.2, 0.25) is 0 Å². The molecule has 1 aromatic rings. The van der Waals surface area contributed by atoms with Crippen LogP contribution >= 0.6 is 23.2 Å². The molecule has 2 N–H and O–H groups in total. The third-order valence-electron chi connectivity index (χ3n) is 3.15. The Bertz CT molecular complexity index is 380. The highest BCUT2D eigenvalue weighted by molar-refractivity contribution is 6.33. The summed E-state index contributed by atoms with van der Waals surface area (Å²) in [7, 11) is 2.07. The Hall–Kier alpha value is -0.280. The summed E-state index contributed by atoms with van der Waals surface area (Å²) in [5.74, 6) is 0.521. The predicted octanol–water partition coefficient (Wildman–Crippen LogP) is 3.80. The lowest BCUT2D eigenvalue weighted by molar-refractivity contribution is 0.296. The maximum absolute atomic E-state index is 6.14. The van der Waals surface area contributed by atoms with Gasteiger partial charge in [-0.3, -0.25) is 0 Å². The van der Waals surface area contributed by atoms with Gasteiger partial charge in [0.25, 0.3) is 0 Å². The lowest BCUT2D eigenvalue weighted by Gasteiger charge is -2.21. The van der Waals surface area contributed by atoms with Crippen molar-refractivity contribution in [3.63, 3.8) is 0 Å². The summed E-state index contributed by atoms with van der Waals surface area (Å²) in [6, 6.07) is 5.82. The van der Waals surface area contributed by atoms with Crippen molar-refractivity contribution < 1.29 is 0 Å². The summed E-state index contributed by atoms with van der Waals surface area (Å²) in [6.45, 7) is 6.06. The van der Waals surface area contributed by atoms with Crippen molar-refractivity contribution in [2.24, 2.45) is 11.7 Å². The van der Waals surface area contributed by atoms with Crippen molar-refractivity contribution in [1.82, 2.24) is 4.90 Å². The van der Waals surface area contributed by atoms with Gasteiger partial charge in [-0.25, -0.2) is 0 Å². The molecule has 0 saturated heterocycles. The summed E-state index contributed by atoms with van der Waals surface area (Å²) in [5, 5.41) is 1.49. The second-order valence-corrected chi connectivity index (χ2v) is 6.01. The molecule has 0 aliphatic carbocycles. The van der Waals surface area contributed by atoms with Gasteiger partial charge in [-0.15, -0.1) is 0 Å². The monoisotopic (exact) mass is 288 g/mol. The van der Waals surface area contributed by atoms with Crippen LogP contribution in [0.3, 0.4) is 0 Å². The Morgan fingerprint density at radius 1 is 1.28 bits per heavy atom. The molecule has 0 aromatic heterocycles. The van der Waals surface area contributed by atoms with Crippen LogP contribution in [-0.4, -0.2) is 24.5 Å². The molecule has 0 radical (unpaired) electrons. The molecule has 1 aromatic carbocycles. The number of rotatable bonds is 6. The van der Waals surface area contributed by atoms with Crippen LogP contribution < -0.4 is 5.73 Å². The van der Waals surface area contributed by atoms with Crippen LogP contribution in [0.15, 0.2) is 18.2 Å². The van der Waals surface area contributed by atoms with Gasteiger partial charge in [0, 0.05) is 22.6 Å². The van der Waals surface area contributed by atoms with E-state index in [9.17, 15) is 0 Å². The highest BCUT2D eigenvalue weighted by Gasteiger charge is 2.10. The van der Waals surface area contributed by atoms with E-state index in [1.807, 2.05) is 18.2 Å². The van der Waals surface area contributed by atoms with E-state index in [2.05, 4.69) is 25.8 Å². The fraction of sp³-hybridized carbons (Fsp3) is 0.571. The molecule has 0 aliphatic heterocycles. The molecular formula is C14H22Cl2N2. The SMILES string of the molecule is CC(C)C(N)CCN(C)Cc1cc(Cl)ccc1Cl. The Morgan fingerprint density at radius 2 is 1.94 bits per heavy atom. The summed E-state index contributed by atoms with van der Waals surface area (Å²) in [5.41, 5.74) is 7.10. The molecule has 0 fully saturated rings. The molecule has 0 saturated carbocycles. The smallest absolute Gasteiger partial charge is 0.0452 e. The van der Waals surface area contributed by atoms with E-state index >= 15 is 0 Å². The number of nitrogens with zero attached hydrogens (tertiary/aromatic N) is 1. The topological polar surface area (TPSA) is 29.3 Å². The molecule has 18 heavy (non-hydrogen) atoms. The van der Waals surface area contributed by atoms with E-state index < -0.39 is 0 Å². The standard InChI is InChI=1S/C14H22Cl2N2/c1-10(2)14(17)6-7-18(3)9-11-8-12(15)4-5-13(11)16/h4-5,8,10,14H,6-7,9,17H2,1-3H3. The van der Waals surface area contributed by atoms with Crippen molar-refractivity contribution in [2.75, 3.05) is 13.6 Å². The van der Waals surface area contributed by atoms with Gasteiger partial charge in [-0.05, 0) is 49.7 Å². The van der Waals surface area contributed by atoms with Gasteiger partial charge in [0.1, 0.15) is 0 Å². The Kier molecular flexibility index (Phi) is 6.44. The van der Waals surface area contributed by atoms with Crippen LogP contribution in [0, 0.1) is 5.92 Å². The molecule has 0 amide bonds. The van der Waals surface area contributed by atoms with Crippen LogP contribution in [0.2, 0.25) is 10.0 Å². The van der Waals surface area contributed by atoms with Gasteiger partial charge in [-0.1, -0.05) is 37.0 Å². The van der Waals surface area contributed by atoms with Crippen LogP contribution in [0.5, 0.6) is 0 Å². The van der Waals surface area contributed by atoms with E-state index in [1.54, 1.807) is 0 Å². The largest absolute Gasteiger partial charge is 0.327 e. The minimum absolute atomic E-state index is 0.252. The average Bonchev–Trinajstić information content (AvgIpc) is 2.30. The first kappa shape index (κ1) is 15.8. The van der Waals surface area contributed by atoms with Gasteiger partial charge in [0.15, 0.2) is 0 Å². The fourth-order valence-electron chi connectivity index (χ4n) is 1.74. The number of nitrogens with two attached hydrogens (primary N) is 1. The lowest BCUT2D eigenvalue weighted by atomic mass is 10.0. The predicted molar refractivity (Wildman–Crippen MR) is 80.2 cm³/mol. The zero-order chi connectivity index (χ0) is 13.7. The molecule has 0 heterocycles. The normalized spacial score (nSPS) is 13.3. The van der Waals surface area contributed by atoms with Crippen molar-refractivity contribution in [3.8, 4) is 0 Å². The second kappa shape index (κ2) is 7.34. The molecular weight excluding hydrogens is 267 g/mol. The highest BCUT2D eigenvalue weighted by atomic mass is 35.5. The first-order valence-electron chi connectivity index (χ1n) is 6.28. The molecule has 4 heteroatoms. The van der Waals surface area contributed by atoms with Crippen LogP contribution in [-0.2, 0) is 6.54 Å². The quantitative estimate of drug-likeness (QED) is 0.863. The number of halogens is 2.